The summed E-state index contributed by atoms with van der Waals surface area (Å²) in [6.45, 7) is 0. The minimum atomic E-state index is -4.67. The SMILES string of the molecule is N.O=P(O)(O)O.O=S(=O)(O)O.[Fe].[Fe]. The maximum atomic E-state index is 8.88. The number of hydrogen-bond acceptors (Lipinski definition) is 4. The Balaban J connectivity index is -0.0000000267. The van der Waals surface area contributed by atoms with Crippen molar-refractivity contribution in [3.63, 3.8) is 0 Å². The van der Waals surface area contributed by atoms with Gasteiger partial charge in [-0.1, -0.05) is 0 Å². The van der Waals surface area contributed by atoms with E-state index in [4.69, 9.17) is 36.8 Å². The number of rotatable bonds is 0. The summed E-state index contributed by atoms with van der Waals surface area (Å²) in [7, 11) is -9.31. The summed E-state index contributed by atoms with van der Waals surface area (Å²) in [6, 6.07) is 0. The van der Waals surface area contributed by atoms with Gasteiger partial charge in [0.1, 0.15) is 0 Å². The van der Waals surface area contributed by atoms with E-state index in [1.165, 1.54) is 0 Å². The standard InChI is InChI=1S/2Fe.H3N.H3O4P.H2O4S/c;;;2*1-5(2,3)4/h;;1H3;(H3,1,2,3,4);(H2,1,2,3,4). The van der Waals surface area contributed by atoms with Crippen molar-refractivity contribution >= 4 is 18.2 Å². The van der Waals surface area contributed by atoms with Crippen LogP contribution in [0.15, 0.2) is 0 Å². The molecule has 0 spiro atoms. The van der Waals surface area contributed by atoms with Crippen LogP contribution in [0.3, 0.4) is 0 Å². The van der Waals surface area contributed by atoms with E-state index in [-0.39, 0.29) is 40.3 Å². The van der Waals surface area contributed by atoms with Crippen LogP contribution >= 0.6 is 7.82 Å². The second kappa shape index (κ2) is 11.1. The molecule has 0 aliphatic carbocycles. The van der Waals surface area contributed by atoms with Crippen LogP contribution in [0.5, 0.6) is 0 Å². The fraction of sp³-hybridized carbons (Fsp3) is 0. The van der Waals surface area contributed by atoms with Crippen LogP contribution in [-0.2, 0) is 49.1 Å². The van der Waals surface area contributed by atoms with Gasteiger partial charge in [0.05, 0.1) is 0 Å². The average Bonchev–Trinajstić information content (AvgIpc) is 1.12. The normalized spacial score (nSPS) is 9.00. The van der Waals surface area contributed by atoms with Crippen LogP contribution in [0.2, 0.25) is 0 Å². The first-order valence-corrected chi connectivity index (χ1v) is 4.44. The predicted molar refractivity (Wildman–Crippen MR) is 33.5 cm³/mol. The molecule has 0 aromatic rings. The molecule has 0 saturated heterocycles. The van der Waals surface area contributed by atoms with Gasteiger partial charge in [-0.2, -0.15) is 8.42 Å². The van der Waals surface area contributed by atoms with Gasteiger partial charge in [-0.3, -0.25) is 9.11 Å². The zero-order chi connectivity index (χ0) is 9.00. The van der Waals surface area contributed by atoms with Crippen molar-refractivity contribution < 1.29 is 70.9 Å². The molecule has 0 aliphatic heterocycles. The molecule has 88 valence electrons. The molecule has 0 aliphatic rings. The molecule has 8 N–H and O–H groups in total. The summed E-state index contributed by atoms with van der Waals surface area (Å²) in [5.74, 6) is 0. The van der Waals surface area contributed by atoms with Crippen LogP contribution < -0.4 is 6.15 Å². The zero-order valence-corrected chi connectivity index (χ0v) is 9.65. The van der Waals surface area contributed by atoms with Crippen molar-refractivity contribution in [3.05, 3.63) is 0 Å². The molecule has 0 aromatic heterocycles. The minimum Gasteiger partial charge on any atom is -0.344 e. The van der Waals surface area contributed by atoms with E-state index in [2.05, 4.69) is 0 Å². The predicted octanol–water partition coefficient (Wildman–Crippen LogP) is -1.42. The molecule has 0 rings (SSSR count). The molecule has 0 fully saturated rings. The minimum absolute atomic E-state index is 0. The van der Waals surface area contributed by atoms with Crippen molar-refractivity contribution in [1.82, 2.24) is 6.15 Å². The number of phosphoric acid groups is 1. The van der Waals surface area contributed by atoms with Gasteiger partial charge in [-0.05, 0) is 0 Å². The smallest absolute Gasteiger partial charge is 0.344 e. The van der Waals surface area contributed by atoms with E-state index in [1.807, 2.05) is 0 Å². The van der Waals surface area contributed by atoms with Gasteiger partial charge in [0.2, 0.25) is 0 Å². The Hall–Kier alpha value is 0.979. The van der Waals surface area contributed by atoms with Gasteiger partial charge in [-0.15, -0.1) is 0 Å². The summed E-state index contributed by atoms with van der Waals surface area (Å²) in [5, 5.41) is 0. The van der Waals surface area contributed by atoms with Crippen molar-refractivity contribution in [2.75, 3.05) is 0 Å². The van der Waals surface area contributed by atoms with Crippen molar-refractivity contribution in [3.8, 4) is 0 Å². The Bertz CT molecular complexity index is 200. The summed E-state index contributed by atoms with van der Waals surface area (Å²) >= 11 is 0. The third-order valence-corrected chi connectivity index (χ3v) is 0. The topological polar surface area (TPSA) is 187 Å². The first-order valence-electron chi connectivity index (χ1n) is 1.48. The molecule has 0 aromatic carbocycles. The summed E-state index contributed by atoms with van der Waals surface area (Å²) in [6.07, 6.45) is 0. The molecule has 13 heteroatoms. The van der Waals surface area contributed by atoms with E-state index >= 15 is 0 Å². The molecule has 9 nitrogen and oxygen atoms in total. The maximum Gasteiger partial charge on any atom is 0.466 e. The van der Waals surface area contributed by atoms with Gasteiger partial charge in [0, 0.05) is 34.1 Å². The van der Waals surface area contributed by atoms with Gasteiger partial charge in [0.15, 0.2) is 0 Å². The van der Waals surface area contributed by atoms with E-state index in [9.17, 15) is 0 Å². The van der Waals surface area contributed by atoms with Crippen molar-refractivity contribution in [2.24, 2.45) is 0 Å². The first-order chi connectivity index (χ1) is 4.00. The second-order valence-electron chi connectivity index (χ2n) is 0.961. The molecule has 0 bridgehead atoms. The molecule has 0 saturated carbocycles. The third kappa shape index (κ3) is 1630. The third-order valence-electron chi connectivity index (χ3n) is 0. The van der Waals surface area contributed by atoms with Crippen LogP contribution in [-0.4, -0.2) is 32.2 Å². The van der Waals surface area contributed by atoms with E-state index in [0.717, 1.165) is 0 Å². The van der Waals surface area contributed by atoms with Crippen LogP contribution in [0, 0.1) is 0 Å². The molecule has 0 radical (unpaired) electrons. The number of hydrogen-bond donors (Lipinski definition) is 6. The van der Waals surface area contributed by atoms with Crippen LogP contribution in [0.1, 0.15) is 0 Å². The summed E-state index contributed by atoms with van der Waals surface area (Å²) in [5.41, 5.74) is 0. The molecular weight excluding hydrogens is 317 g/mol. The van der Waals surface area contributed by atoms with Crippen molar-refractivity contribution in [2.45, 2.75) is 0 Å². The van der Waals surface area contributed by atoms with Gasteiger partial charge < -0.3 is 20.8 Å². The Morgan fingerprint density at radius 2 is 0.923 bits per heavy atom. The quantitative estimate of drug-likeness (QED) is 0.176. The molecule has 0 amide bonds. The fourth-order valence-electron chi connectivity index (χ4n) is 0. The van der Waals surface area contributed by atoms with Crippen molar-refractivity contribution in [1.29, 1.82) is 0 Å². The van der Waals surface area contributed by atoms with E-state index < -0.39 is 18.2 Å². The van der Waals surface area contributed by atoms with Crippen LogP contribution in [0.25, 0.3) is 0 Å². The summed E-state index contributed by atoms with van der Waals surface area (Å²) in [4.78, 5) is 21.6. The van der Waals surface area contributed by atoms with Gasteiger partial charge in [0.25, 0.3) is 0 Å². The first kappa shape index (κ1) is 29.2. The van der Waals surface area contributed by atoms with Crippen LogP contribution in [0.4, 0.5) is 0 Å². The maximum absolute atomic E-state index is 8.88. The molecular formula is H8Fe2NO8PS. The molecule has 0 unspecified atom stereocenters. The van der Waals surface area contributed by atoms with E-state index in [1.54, 1.807) is 0 Å². The van der Waals surface area contributed by atoms with E-state index in [0.29, 0.717) is 0 Å². The molecule has 0 atom stereocenters. The molecule has 0 heterocycles. The largest absolute Gasteiger partial charge is 0.466 e. The average molecular weight is 325 g/mol. The zero-order valence-electron chi connectivity index (χ0n) is 5.73. The Kier molecular flexibility index (Phi) is 24.8. The monoisotopic (exact) mass is 325 g/mol. The summed E-state index contributed by atoms with van der Waals surface area (Å²) < 4.78 is 40.5. The fourth-order valence-corrected chi connectivity index (χ4v) is 0. The Labute approximate surface area is 95.3 Å². The van der Waals surface area contributed by atoms with Gasteiger partial charge in [-0.25, -0.2) is 4.57 Å². The second-order valence-corrected chi connectivity index (χ2v) is 2.88. The Morgan fingerprint density at radius 1 is 0.923 bits per heavy atom. The Morgan fingerprint density at radius 3 is 0.923 bits per heavy atom. The molecule has 13 heavy (non-hydrogen) atoms. The van der Waals surface area contributed by atoms with Gasteiger partial charge >= 0.3 is 18.2 Å².